The van der Waals surface area contributed by atoms with Crippen LogP contribution < -0.4 is 5.73 Å². The average Bonchev–Trinajstić information content (AvgIpc) is 3.35. The monoisotopic (exact) mass is 326 g/mol. The molecule has 126 valence electrons. The summed E-state index contributed by atoms with van der Waals surface area (Å²) < 4.78 is 38.7. The molecule has 23 heavy (non-hydrogen) atoms. The van der Waals surface area contributed by atoms with E-state index in [0.717, 1.165) is 25.0 Å². The highest BCUT2D eigenvalue weighted by Crippen LogP contribution is 2.50. The topological polar surface area (TPSA) is 46.3 Å². The van der Waals surface area contributed by atoms with E-state index in [2.05, 4.69) is 0 Å². The van der Waals surface area contributed by atoms with E-state index in [0.29, 0.717) is 44.0 Å². The van der Waals surface area contributed by atoms with Gasteiger partial charge in [0.2, 0.25) is 5.91 Å². The number of alkyl halides is 3. The van der Waals surface area contributed by atoms with Gasteiger partial charge in [-0.15, -0.1) is 0 Å². The maximum absolute atomic E-state index is 12.9. The Morgan fingerprint density at radius 3 is 2.43 bits per heavy atom. The van der Waals surface area contributed by atoms with Gasteiger partial charge in [0.05, 0.1) is 11.0 Å². The largest absolute Gasteiger partial charge is 0.416 e. The van der Waals surface area contributed by atoms with Crippen LogP contribution in [0.25, 0.3) is 0 Å². The van der Waals surface area contributed by atoms with Crippen LogP contribution in [0.1, 0.15) is 36.8 Å². The predicted molar refractivity (Wildman–Crippen MR) is 80.7 cm³/mol. The molecule has 1 heterocycles. The van der Waals surface area contributed by atoms with Gasteiger partial charge in [0, 0.05) is 13.1 Å². The van der Waals surface area contributed by atoms with E-state index in [1.807, 2.05) is 0 Å². The van der Waals surface area contributed by atoms with Crippen molar-refractivity contribution in [3.63, 3.8) is 0 Å². The Kier molecular flexibility index (Phi) is 4.12. The number of nitrogens with two attached hydrogens (primary N) is 1. The number of halogens is 3. The Balaban J connectivity index is 1.79. The minimum atomic E-state index is -4.38. The fraction of sp³-hybridized carbons (Fsp3) is 0.588. The van der Waals surface area contributed by atoms with Crippen molar-refractivity contribution in [2.24, 2.45) is 11.7 Å². The SMILES string of the molecule is NCC1CCN(C(=O)C2(c3cccc(C(F)(F)F)c3)CC2)CC1. The molecule has 0 atom stereocenters. The zero-order chi connectivity index (χ0) is 16.7. The van der Waals surface area contributed by atoms with Crippen molar-refractivity contribution in [3.8, 4) is 0 Å². The normalized spacial score (nSPS) is 21.3. The number of likely N-dealkylation sites (tertiary alicyclic amines) is 1. The van der Waals surface area contributed by atoms with E-state index in [-0.39, 0.29) is 5.91 Å². The number of hydrogen-bond acceptors (Lipinski definition) is 2. The van der Waals surface area contributed by atoms with Crippen LogP contribution in [-0.2, 0) is 16.4 Å². The van der Waals surface area contributed by atoms with E-state index >= 15 is 0 Å². The molecule has 1 aromatic carbocycles. The van der Waals surface area contributed by atoms with Crippen LogP contribution in [0.4, 0.5) is 13.2 Å². The third kappa shape index (κ3) is 3.09. The van der Waals surface area contributed by atoms with Crippen molar-refractivity contribution in [1.82, 2.24) is 4.90 Å². The first-order valence-corrected chi connectivity index (χ1v) is 8.04. The van der Waals surface area contributed by atoms with Crippen molar-refractivity contribution < 1.29 is 18.0 Å². The molecule has 1 aliphatic carbocycles. The van der Waals surface area contributed by atoms with E-state index in [1.54, 1.807) is 11.0 Å². The molecule has 1 aromatic rings. The lowest BCUT2D eigenvalue weighted by atomic mass is 9.90. The molecule has 0 unspecified atom stereocenters. The fourth-order valence-corrected chi connectivity index (χ4v) is 3.42. The van der Waals surface area contributed by atoms with Gasteiger partial charge in [0.15, 0.2) is 0 Å². The molecule has 0 spiro atoms. The van der Waals surface area contributed by atoms with Gasteiger partial charge in [-0.05, 0) is 49.8 Å². The van der Waals surface area contributed by atoms with E-state index in [1.165, 1.54) is 6.07 Å². The van der Waals surface area contributed by atoms with Crippen LogP contribution in [0.3, 0.4) is 0 Å². The lowest BCUT2D eigenvalue weighted by molar-refractivity contribution is -0.138. The molecule has 3 rings (SSSR count). The summed E-state index contributed by atoms with van der Waals surface area (Å²) in [4.78, 5) is 14.7. The second-order valence-electron chi connectivity index (χ2n) is 6.63. The molecule has 2 fully saturated rings. The molecule has 2 N–H and O–H groups in total. The molecule has 1 saturated heterocycles. The minimum absolute atomic E-state index is 0.0210. The van der Waals surface area contributed by atoms with Crippen molar-refractivity contribution in [3.05, 3.63) is 35.4 Å². The molecular formula is C17H21F3N2O. The Labute approximate surface area is 133 Å². The fourth-order valence-electron chi connectivity index (χ4n) is 3.42. The Morgan fingerprint density at radius 1 is 1.26 bits per heavy atom. The van der Waals surface area contributed by atoms with Crippen LogP contribution >= 0.6 is 0 Å². The summed E-state index contributed by atoms with van der Waals surface area (Å²) in [6, 6.07) is 5.23. The lowest BCUT2D eigenvalue weighted by Gasteiger charge is -2.34. The summed E-state index contributed by atoms with van der Waals surface area (Å²) in [6.07, 6.45) is -1.37. The number of carbonyl (C=O) groups is 1. The Morgan fingerprint density at radius 2 is 1.91 bits per heavy atom. The van der Waals surface area contributed by atoms with E-state index in [4.69, 9.17) is 5.73 Å². The van der Waals surface area contributed by atoms with Crippen molar-refractivity contribution in [1.29, 1.82) is 0 Å². The van der Waals surface area contributed by atoms with Gasteiger partial charge in [-0.25, -0.2) is 0 Å². The van der Waals surface area contributed by atoms with E-state index in [9.17, 15) is 18.0 Å². The third-order valence-electron chi connectivity index (χ3n) is 5.14. The van der Waals surface area contributed by atoms with Gasteiger partial charge >= 0.3 is 6.18 Å². The lowest BCUT2D eigenvalue weighted by Crippen LogP contribution is -2.45. The van der Waals surface area contributed by atoms with Crippen molar-refractivity contribution in [2.45, 2.75) is 37.3 Å². The first-order chi connectivity index (χ1) is 10.9. The maximum Gasteiger partial charge on any atom is 0.416 e. The smallest absolute Gasteiger partial charge is 0.342 e. The standard InChI is InChI=1S/C17H21F3N2O/c18-17(19,20)14-3-1-2-13(10-14)16(6-7-16)15(23)22-8-4-12(11-21)5-9-22/h1-3,10,12H,4-9,11,21H2. The van der Waals surface area contributed by atoms with Gasteiger partial charge in [-0.3, -0.25) is 4.79 Å². The highest BCUT2D eigenvalue weighted by atomic mass is 19.4. The van der Waals surface area contributed by atoms with Crippen LogP contribution in [0, 0.1) is 5.92 Å². The van der Waals surface area contributed by atoms with Crippen LogP contribution in [0.15, 0.2) is 24.3 Å². The summed E-state index contributed by atoms with van der Waals surface area (Å²) in [7, 11) is 0. The number of carbonyl (C=O) groups excluding carboxylic acids is 1. The first-order valence-electron chi connectivity index (χ1n) is 8.04. The zero-order valence-corrected chi connectivity index (χ0v) is 12.9. The number of piperidine rings is 1. The molecule has 3 nitrogen and oxygen atoms in total. The molecule has 1 amide bonds. The summed E-state index contributed by atoms with van der Waals surface area (Å²) in [6.45, 7) is 1.93. The van der Waals surface area contributed by atoms with Gasteiger partial charge < -0.3 is 10.6 Å². The van der Waals surface area contributed by atoms with Gasteiger partial charge in [0.25, 0.3) is 0 Å². The second-order valence-corrected chi connectivity index (χ2v) is 6.63. The number of amides is 1. The molecule has 1 saturated carbocycles. The summed E-state index contributed by atoms with van der Waals surface area (Å²) in [5.41, 5.74) is 4.74. The minimum Gasteiger partial charge on any atom is -0.342 e. The van der Waals surface area contributed by atoms with Gasteiger partial charge in [0.1, 0.15) is 0 Å². The number of nitrogens with zero attached hydrogens (tertiary/aromatic N) is 1. The molecule has 0 bridgehead atoms. The highest BCUT2D eigenvalue weighted by Gasteiger charge is 2.53. The number of rotatable bonds is 3. The zero-order valence-electron chi connectivity index (χ0n) is 12.9. The van der Waals surface area contributed by atoms with E-state index < -0.39 is 17.2 Å². The number of hydrogen-bond donors (Lipinski definition) is 1. The molecule has 1 aliphatic heterocycles. The molecule has 2 aliphatic rings. The predicted octanol–water partition coefficient (Wildman–Crippen LogP) is 2.93. The van der Waals surface area contributed by atoms with Crippen LogP contribution in [0.5, 0.6) is 0 Å². The first kappa shape index (κ1) is 16.3. The number of benzene rings is 1. The molecular weight excluding hydrogens is 305 g/mol. The van der Waals surface area contributed by atoms with Crippen LogP contribution in [0.2, 0.25) is 0 Å². The average molecular weight is 326 g/mol. The summed E-state index contributed by atoms with van der Waals surface area (Å²) in [5, 5.41) is 0. The summed E-state index contributed by atoms with van der Waals surface area (Å²) >= 11 is 0. The Bertz CT molecular complexity index is 588. The summed E-state index contributed by atoms with van der Waals surface area (Å²) in [5.74, 6) is 0.426. The highest BCUT2D eigenvalue weighted by molar-refractivity contribution is 5.91. The van der Waals surface area contributed by atoms with Gasteiger partial charge in [-0.1, -0.05) is 18.2 Å². The molecule has 0 radical (unpaired) electrons. The molecule has 6 heteroatoms. The Hall–Kier alpha value is -1.56. The second kappa shape index (κ2) is 5.82. The van der Waals surface area contributed by atoms with Gasteiger partial charge in [-0.2, -0.15) is 13.2 Å². The van der Waals surface area contributed by atoms with Crippen LogP contribution in [-0.4, -0.2) is 30.4 Å². The maximum atomic E-state index is 12.9. The molecule has 0 aromatic heterocycles. The van der Waals surface area contributed by atoms with Crippen molar-refractivity contribution >= 4 is 5.91 Å². The third-order valence-corrected chi connectivity index (χ3v) is 5.14. The quantitative estimate of drug-likeness (QED) is 0.928. The van der Waals surface area contributed by atoms with Crippen molar-refractivity contribution in [2.75, 3.05) is 19.6 Å².